The van der Waals surface area contributed by atoms with Crippen LogP contribution in [0, 0.1) is 13.8 Å². The lowest BCUT2D eigenvalue weighted by Crippen LogP contribution is -2.17. The van der Waals surface area contributed by atoms with Crippen LogP contribution in [0.4, 0.5) is 5.00 Å². The highest BCUT2D eigenvalue weighted by atomic mass is 32.1. The van der Waals surface area contributed by atoms with Crippen LogP contribution >= 0.6 is 11.3 Å². The van der Waals surface area contributed by atoms with E-state index in [1.54, 1.807) is 19.1 Å². The van der Waals surface area contributed by atoms with Crippen molar-refractivity contribution in [3.8, 4) is 0 Å². The zero-order valence-corrected chi connectivity index (χ0v) is 14.5. The summed E-state index contributed by atoms with van der Waals surface area (Å²) in [6.07, 6.45) is 0.976. The Morgan fingerprint density at radius 2 is 1.75 bits per heavy atom. The van der Waals surface area contributed by atoms with Crippen LogP contribution in [0.1, 0.15) is 50.4 Å². The highest BCUT2D eigenvalue weighted by Crippen LogP contribution is 2.32. The molecule has 6 heteroatoms. The lowest BCUT2D eigenvalue weighted by molar-refractivity contribution is -0.116. The van der Waals surface area contributed by atoms with Gasteiger partial charge in [-0.1, -0.05) is 30.3 Å². The molecule has 2 rings (SSSR count). The van der Waals surface area contributed by atoms with Gasteiger partial charge >= 0.3 is 0 Å². The standard InChI is InChI=1S/C18H20N2O3S/c1-11-12(2)24-18(16(11)17(19)23)20-15(22)10-6-9-14(21)13-7-4-3-5-8-13/h3-5,7-8H,6,9-10H2,1-2H3,(H2,19,23)(H,20,22). The number of benzene rings is 1. The number of carbonyl (C=O) groups is 3. The number of nitrogens with one attached hydrogen (secondary N) is 1. The second-order valence-electron chi connectivity index (χ2n) is 5.54. The number of rotatable bonds is 7. The quantitative estimate of drug-likeness (QED) is 0.754. The van der Waals surface area contributed by atoms with Crippen LogP contribution in [0.5, 0.6) is 0 Å². The first kappa shape index (κ1) is 17.9. The molecule has 1 aromatic carbocycles. The number of Topliss-reactive ketones (excluding diaryl/α,β-unsaturated/α-hetero) is 1. The minimum Gasteiger partial charge on any atom is -0.365 e. The Labute approximate surface area is 144 Å². The van der Waals surface area contributed by atoms with E-state index in [1.165, 1.54) is 11.3 Å². The van der Waals surface area contributed by atoms with Crippen molar-refractivity contribution in [2.45, 2.75) is 33.1 Å². The molecule has 0 unspecified atom stereocenters. The Bertz CT molecular complexity index is 766. The Kier molecular flexibility index (Phi) is 5.87. The lowest BCUT2D eigenvalue weighted by atomic mass is 10.1. The second-order valence-corrected chi connectivity index (χ2v) is 6.77. The van der Waals surface area contributed by atoms with Crippen molar-refractivity contribution in [2.75, 3.05) is 5.32 Å². The third-order valence-electron chi connectivity index (χ3n) is 3.79. The van der Waals surface area contributed by atoms with Gasteiger partial charge in [-0.15, -0.1) is 11.3 Å². The van der Waals surface area contributed by atoms with Gasteiger partial charge in [-0.2, -0.15) is 0 Å². The molecular weight excluding hydrogens is 324 g/mol. The van der Waals surface area contributed by atoms with Crippen LogP contribution in [0.2, 0.25) is 0 Å². The van der Waals surface area contributed by atoms with Gasteiger partial charge in [0, 0.05) is 23.3 Å². The van der Waals surface area contributed by atoms with Gasteiger partial charge in [0.25, 0.3) is 5.91 Å². The van der Waals surface area contributed by atoms with E-state index in [0.717, 1.165) is 10.4 Å². The van der Waals surface area contributed by atoms with E-state index < -0.39 is 5.91 Å². The Morgan fingerprint density at radius 1 is 1.08 bits per heavy atom. The maximum absolute atomic E-state index is 12.1. The zero-order chi connectivity index (χ0) is 17.7. The molecule has 3 N–H and O–H groups in total. The molecule has 0 spiro atoms. The summed E-state index contributed by atoms with van der Waals surface area (Å²) in [5, 5.41) is 3.22. The summed E-state index contributed by atoms with van der Waals surface area (Å²) in [7, 11) is 0. The Morgan fingerprint density at radius 3 is 2.38 bits per heavy atom. The number of nitrogens with two attached hydrogens (primary N) is 1. The number of carbonyl (C=O) groups excluding carboxylic acids is 3. The van der Waals surface area contributed by atoms with Crippen molar-refractivity contribution < 1.29 is 14.4 Å². The zero-order valence-electron chi connectivity index (χ0n) is 13.7. The monoisotopic (exact) mass is 344 g/mol. The number of hydrogen-bond donors (Lipinski definition) is 2. The summed E-state index contributed by atoms with van der Waals surface area (Å²) >= 11 is 1.33. The second kappa shape index (κ2) is 7.88. The fourth-order valence-electron chi connectivity index (χ4n) is 2.38. The average molecular weight is 344 g/mol. The van der Waals surface area contributed by atoms with Crippen LogP contribution in [0.15, 0.2) is 30.3 Å². The Hall–Kier alpha value is -2.47. The van der Waals surface area contributed by atoms with Crippen molar-refractivity contribution >= 4 is 33.9 Å². The van der Waals surface area contributed by atoms with Crippen molar-refractivity contribution in [1.82, 2.24) is 0 Å². The molecule has 0 aliphatic heterocycles. The van der Waals surface area contributed by atoms with Gasteiger partial charge in [0.15, 0.2) is 5.78 Å². The largest absolute Gasteiger partial charge is 0.365 e. The van der Waals surface area contributed by atoms with Gasteiger partial charge in [-0.05, 0) is 25.8 Å². The van der Waals surface area contributed by atoms with E-state index in [-0.39, 0.29) is 18.1 Å². The van der Waals surface area contributed by atoms with Crippen molar-refractivity contribution in [2.24, 2.45) is 5.73 Å². The maximum Gasteiger partial charge on any atom is 0.251 e. The number of hydrogen-bond acceptors (Lipinski definition) is 4. The molecule has 2 aromatic rings. The minimum absolute atomic E-state index is 0.0176. The molecule has 0 aliphatic rings. The normalized spacial score (nSPS) is 10.4. The van der Waals surface area contributed by atoms with Gasteiger partial charge in [-0.25, -0.2) is 0 Å². The van der Waals surface area contributed by atoms with Gasteiger partial charge < -0.3 is 11.1 Å². The number of primary amides is 1. The first-order valence-electron chi connectivity index (χ1n) is 7.68. The molecule has 0 aliphatic carbocycles. The smallest absolute Gasteiger partial charge is 0.251 e. The molecular formula is C18H20N2O3S. The summed E-state index contributed by atoms with van der Waals surface area (Å²) < 4.78 is 0. The number of aryl methyl sites for hydroxylation is 1. The van der Waals surface area contributed by atoms with Gasteiger partial charge in [-0.3, -0.25) is 14.4 Å². The number of ketones is 1. The third-order valence-corrected chi connectivity index (χ3v) is 4.91. The Balaban J connectivity index is 1.89. The van der Waals surface area contributed by atoms with E-state index in [2.05, 4.69) is 5.32 Å². The van der Waals surface area contributed by atoms with Crippen LogP contribution in [0.3, 0.4) is 0 Å². The first-order chi connectivity index (χ1) is 11.4. The van der Waals surface area contributed by atoms with Crippen molar-refractivity contribution in [3.63, 3.8) is 0 Å². The van der Waals surface area contributed by atoms with Crippen molar-refractivity contribution in [1.29, 1.82) is 0 Å². The molecule has 0 saturated carbocycles. The molecule has 2 amide bonds. The van der Waals surface area contributed by atoms with Crippen LogP contribution in [0.25, 0.3) is 0 Å². The fourth-order valence-corrected chi connectivity index (χ4v) is 3.46. The molecule has 1 aromatic heterocycles. The molecule has 0 atom stereocenters. The molecule has 1 heterocycles. The maximum atomic E-state index is 12.1. The molecule has 0 fully saturated rings. The van der Waals surface area contributed by atoms with E-state index in [4.69, 9.17) is 5.73 Å². The highest BCUT2D eigenvalue weighted by Gasteiger charge is 2.18. The molecule has 0 saturated heterocycles. The molecule has 5 nitrogen and oxygen atoms in total. The highest BCUT2D eigenvalue weighted by molar-refractivity contribution is 7.16. The van der Waals surface area contributed by atoms with Crippen molar-refractivity contribution in [3.05, 3.63) is 51.9 Å². The van der Waals surface area contributed by atoms with E-state index in [1.807, 2.05) is 25.1 Å². The van der Waals surface area contributed by atoms with Crippen LogP contribution in [-0.4, -0.2) is 17.6 Å². The van der Waals surface area contributed by atoms with Gasteiger partial charge in [0.05, 0.1) is 5.56 Å². The predicted molar refractivity (Wildman–Crippen MR) is 95.6 cm³/mol. The minimum atomic E-state index is -0.550. The topological polar surface area (TPSA) is 89.3 Å². The van der Waals surface area contributed by atoms with E-state index >= 15 is 0 Å². The third kappa shape index (κ3) is 4.29. The summed E-state index contributed by atoms with van der Waals surface area (Å²) in [5.41, 5.74) is 7.19. The summed E-state index contributed by atoms with van der Waals surface area (Å²) in [4.78, 5) is 36.5. The van der Waals surface area contributed by atoms with Crippen LogP contribution in [-0.2, 0) is 4.79 Å². The van der Waals surface area contributed by atoms with Gasteiger partial charge in [0.2, 0.25) is 5.91 Å². The summed E-state index contributed by atoms with van der Waals surface area (Å²) in [6, 6.07) is 9.00. The molecule has 0 radical (unpaired) electrons. The SMILES string of the molecule is Cc1sc(NC(=O)CCCC(=O)c2ccccc2)c(C(N)=O)c1C. The number of anilines is 1. The molecule has 0 bridgehead atoms. The lowest BCUT2D eigenvalue weighted by Gasteiger charge is -2.05. The summed E-state index contributed by atoms with van der Waals surface area (Å²) in [5.74, 6) is -0.755. The predicted octanol–water partition coefficient (Wildman–Crippen LogP) is 3.46. The average Bonchev–Trinajstić information content (AvgIpc) is 2.82. The fraction of sp³-hybridized carbons (Fsp3) is 0.278. The molecule has 126 valence electrons. The molecule has 24 heavy (non-hydrogen) atoms. The first-order valence-corrected chi connectivity index (χ1v) is 8.49. The van der Waals surface area contributed by atoms with Crippen LogP contribution < -0.4 is 11.1 Å². The summed E-state index contributed by atoms with van der Waals surface area (Å²) in [6.45, 7) is 3.68. The van der Waals surface area contributed by atoms with E-state index in [0.29, 0.717) is 29.0 Å². The van der Waals surface area contributed by atoms with Gasteiger partial charge in [0.1, 0.15) is 5.00 Å². The van der Waals surface area contributed by atoms with E-state index in [9.17, 15) is 14.4 Å². The number of thiophene rings is 1. The number of amides is 2.